The molecule has 0 amide bonds. The first-order valence-corrected chi connectivity index (χ1v) is 7.33. The summed E-state index contributed by atoms with van der Waals surface area (Å²) in [6.07, 6.45) is 4.44. The van der Waals surface area contributed by atoms with E-state index in [2.05, 4.69) is 37.4 Å². The van der Waals surface area contributed by atoms with Crippen LogP contribution in [-0.4, -0.2) is 25.7 Å². The maximum atomic E-state index is 11.3. The molecule has 2 N–H and O–H groups in total. The van der Waals surface area contributed by atoms with Gasteiger partial charge in [-0.15, -0.1) is 0 Å². The second-order valence-corrected chi connectivity index (χ2v) is 5.71. The minimum absolute atomic E-state index is 0.138. The van der Waals surface area contributed by atoms with Crippen LogP contribution in [0.5, 0.6) is 0 Å². The number of rotatable bonds is 3. The van der Waals surface area contributed by atoms with Gasteiger partial charge < -0.3 is 10.4 Å². The SMILES string of the molecule is Cc1c(C(=O)O)cn2ncc(C#N)c(Nc3ccc(Br)cn3)c12. The number of pyridine rings is 1. The van der Waals surface area contributed by atoms with E-state index in [0.29, 0.717) is 28.1 Å². The van der Waals surface area contributed by atoms with Crippen LogP contribution < -0.4 is 5.32 Å². The highest BCUT2D eigenvalue weighted by Gasteiger charge is 2.19. The third-order valence-corrected chi connectivity index (χ3v) is 3.86. The van der Waals surface area contributed by atoms with Gasteiger partial charge in [-0.2, -0.15) is 10.4 Å². The van der Waals surface area contributed by atoms with E-state index in [9.17, 15) is 15.2 Å². The van der Waals surface area contributed by atoms with E-state index >= 15 is 0 Å². The predicted octanol–water partition coefficient (Wildman–Crippen LogP) is 3.11. The van der Waals surface area contributed by atoms with Crippen molar-refractivity contribution in [1.29, 1.82) is 5.26 Å². The number of aryl methyl sites for hydroxylation is 1. The Bertz CT molecular complexity index is 957. The number of aromatic carboxylic acids is 1. The summed E-state index contributed by atoms with van der Waals surface area (Å²) in [6.45, 7) is 1.68. The van der Waals surface area contributed by atoms with Gasteiger partial charge in [-0.3, -0.25) is 0 Å². The van der Waals surface area contributed by atoms with Crippen LogP contribution in [0.3, 0.4) is 0 Å². The molecule has 0 bridgehead atoms. The fourth-order valence-corrected chi connectivity index (χ4v) is 2.53. The van der Waals surface area contributed by atoms with Crippen molar-refractivity contribution in [3.63, 3.8) is 0 Å². The first-order valence-electron chi connectivity index (χ1n) is 6.54. The van der Waals surface area contributed by atoms with Crippen LogP contribution in [0.2, 0.25) is 0 Å². The molecule has 0 fully saturated rings. The van der Waals surface area contributed by atoms with E-state index in [0.717, 1.165) is 4.47 Å². The molecule has 0 saturated heterocycles. The number of nitriles is 1. The molecular formula is C15H10BrN5O2. The molecule has 0 saturated carbocycles. The van der Waals surface area contributed by atoms with Gasteiger partial charge in [0.2, 0.25) is 0 Å². The standard InChI is InChI=1S/C15H10BrN5O2/c1-8-11(15(22)23)7-21-14(8)13(9(4-17)5-19-21)20-12-3-2-10(16)6-18-12/h2-3,5-7H,1H3,(H,18,20)(H,22,23). The summed E-state index contributed by atoms with van der Waals surface area (Å²) in [5.41, 5.74) is 1.98. The third kappa shape index (κ3) is 2.62. The Morgan fingerprint density at radius 1 is 1.43 bits per heavy atom. The van der Waals surface area contributed by atoms with Gasteiger partial charge in [0, 0.05) is 16.9 Å². The molecule has 0 unspecified atom stereocenters. The van der Waals surface area contributed by atoms with Crippen molar-refractivity contribution in [2.24, 2.45) is 0 Å². The zero-order valence-corrected chi connectivity index (χ0v) is 13.5. The minimum atomic E-state index is -1.04. The number of hydrogen-bond donors (Lipinski definition) is 2. The second kappa shape index (κ2) is 5.70. The average Bonchev–Trinajstić information content (AvgIpc) is 2.87. The summed E-state index contributed by atoms with van der Waals surface area (Å²) >= 11 is 3.31. The van der Waals surface area contributed by atoms with Gasteiger partial charge in [-0.05, 0) is 40.5 Å². The highest BCUT2D eigenvalue weighted by Crippen LogP contribution is 2.29. The largest absolute Gasteiger partial charge is 0.478 e. The first-order chi connectivity index (χ1) is 11.0. The Kier molecular flexibility index (Phi) is 3.72. The molecule has 3 aromatic heterocycles. The van der Waals surface area contributed by atoms with Crippen LogP contribution in [0.4, 0.5) is 11.5 Å². The van der Waals surface area contributed by atoms with Crippen molar-refractivity contribution < 1.29 is 9.90 Å². The highest BCUT2D eigenvalue weighted by atomic mass is 79.9. The van der Waals surface area contributed by atoms with Gasteiger partial charge in [0.05, 0.1) is 28.5 Å². The maximum absolute atomic E-state index is 11.3. The molecule has 0 aliphatic heterocycles. The van der Waals surface area contributed by atoms with Crippen molar-refractivity contribution in [1.82, 2.24) is 14.6 Å². The highest BCUT2D eigenvalue weighted by molar-refractivity contribution is 9.10. The number of anilines is 2. The molecule has 3 heterocycles. The molecule has 3 aromatic rings. The summed E-state index contributed by atoms with van der Waals surface area (Å²) < 4.78 is 2.27. The average molecular weight is 372 g/mol. The molecule has 0 atom stereocenters. The molecule has 23 heavy (non-hydrogen) atoms. The number of fused-ring (bicyclic) bond motifs is 1. The summed E-state index contributed by atoms with van der Waals surface area (Å²) in [5.74, 6) is -0.505. The summed E-state index contributed by atoms with van der Waals surface area (Å²) in [5, 5.41) is 25.8. The zero-order chi connectivity index (χ0) is 16.6. The number of aromatic nitrogens is 3. The van der Waals surface area contributed by atoms with Gasteiger partial charge in [0.25, 0.3) is 0 Å². The fraction of sp³-hybridized carbons (Fsp3) is 0.0667. The van der Waals surface area contributed by atoms with Crippen molar-refractivity contribution in [3.8, 4) is 6.07 Å². The van der Waals surface area contributed by atoms with Gasteiger partial charge in [-0.25, -0.2) is 14.3 Å². The molecule has 0 radical (unpaired) electrons. The summed E-state index contributed by atoms with van der Waals surface area (Å²) in [6, 6.07) is 5.62. The van der Waals surface area contributed by atoms with Gasteiger partial charge in [0.1, 0.15) is 11.9 Å². The van der Waals surface area contributed by atoms with Crippen molar-refractivity contribution in [2.45, 2.75) is 6.92 Å². The summed E-state index contributed by atoms with van der Waals surface area (Å²) in [4.78, 5) is 15.5. The lowest BCUT2D eigenvalue weighted by molar-refractivity contribution is 0.0696. The second-order valence-electron chi connectivity index (χ2n) is 4.80. The lowest BCUT2D eigenvalue weighted by atomic mass is 10.1. The van der Waals surface area contributed by atoms with E-state index < -0.39 is 5.97 Å². The lowest BCUT2D eigenvalue weighted by Crippen LogP contribution is -2.02. The third-order valence-electron chi connectivity index (χ3n) is 3.39. The number of carboxylic acids is 1. The van der Waals surface area contributed by atoms with Gasteiger partial charge >= 0.3 is 5.97 Å². The molecule has 114 valence electrons. The Balaban J connectivity index is 2.22. The van der Waals surface area contributed by atoms with Crippen molar-refractivity contribution in [3.05, 3.63) is 51.9 Å². The summed E-state index contributed by atoms with van der Waals surface area (Å²) in [7, 11) is 0. The predicted molar refractivity (Wildman–Crippen MR) is 86.8 cm³/mol. The van der Waals surface area contributed by atoms with Crippen LogP contribution in [0.1, 0.15) is 21.5 Å². The minimum Gasteiger partial charge on any atom is -0.478 e. The van der Waals surface area contributed by atoms with Crippen LogP contribution in [0.25, 0.3) is 5.52 Å². The number of nitrogens with one attached hydrogen (secondary N) is 1. The molecule has 0 aliphatic carbocycles. The van der Waals surface area contributed by atoms with Crippen LogP contribution in [-0.2, 0) is 0 Å². The van der Waals surface area contributed by atoms with Crippen molar-refractivity contribution >= 4 is 38.9 Å². The molecule has 0 aliphatic rings. The quantitative estimate of drug-likeness (QED) is 0.732. The van der Waals surface area contributed by atoms with E-state index in [-0.39, 0.29) is 5.56 Å². The van der Waals surface area contributed by atoms with Gasteiger partial charge in [-0.1, -0.05) is 0 Å². The smallest absolute Gasteiger partial charge is 0.337 e. The van der Waals surface area contributed by atoms with Gasteiger partial charge in [0.15, 0.2) is 0 Å². The molecule has 3 rings (SSSR count). The molecule has 7 nitrogen and oxygen atoms in total. The number of carbonyl (C=O) groups is 1. The van der Waals surface area contributed by atoms with Crippen molar-refractivity contribution in [2.75, 3.05) is 5.32 Å². The Hall–Kier alpha value is -2.92. The molecular weight excluding hydrogens is 362 g/mol. The first kappa shape index (κ1) is 15.0. The van der Waals surface area contributed by atoms with E-state index in [4.69, 9.17) is 0 Å². The topological polar surface area (TPSA) is 103 Å². The zero-order valence-electron chi connectivity index (χ0n) is 11.9. The molecule has 8 heteroatoms. The number of hydrogen-bond acceptors (Lipinski definition) is 5. The Morgan fingerprint density at radius 3 is 2.83 bits per heavy atom. The Morgan fingerprint density at radius 2 is 2.22 bits per heavy atom. The van der Waals surface area contributed by atoms with Crippen LogP contribution in [0, 0.1) is 18.3 Å². The normalized spacial score (nSPS) is 10.5. The van der Waals surface area contributed by atoms with E-state index in [1.54, 1.807) is 19.2 Å². The monoisotopic (exact) mass is 371 g/mol. The molecule has 0 aromatic carbocycles. The van der Waals surface area contributed by atoms with Crippen LogP contribution in [0.15, 0.2) is 35.2 Å². The van der Waals surface area contributed by atoms with E-state index in [1.165, 1.54) is 16.9 Å². The van der Waals surface area contributed by atoms with Crippen LogP contribution >= 0.6 is 15.9 Å². The number of halogens is 1. The maximum Gasteiger partial charge on any atom is 0.337 e. The number of nitrogens with zero attached hydrogens (tertiary/aromatic N) is 4. The Labute approximate surface area is 139 Å². The van der Waals surface area contributed by atoms with E-state index in [1.807, 2.05) is 6.07 Å². The number of carboxylic acid groups (broad SMARTS) is 1. The molecule has 0 spiro atoms. The fourth-order valence-electron chi connectivity index (χ4n) is 2.29. The lowest BCUT2D eigenvalue weighted by Gasteiger charge is -2.10.